The maximum absolute atomic E-state index is 9.40. The largest absolute Gasteiger partial charge is 0.492 e. The molecule has 9 nitrogen and oxygen atoms in total. The Balaban J connectivity index is 1.34. The smallest absolute Gasteiger partial charge is 0.415 e. The monoisotopic (exact) mass is 448 g/mol. The van der Waals surface area contributed by atoms with Crippen LogP contribution in [0.4, 0.5) is 5.82 Å². The summed E-state index contributed by atoms with van der Waals surface area (Å²) in [6, 6.07) is 12.2. The molecule has 162 valence electrons. The molecule has 5 aromatic rings. The van der Waals surface area contributed by atoms with Gasteiger partial charge in [0.25, 0.3) is 0 Å². The van der Waals surface area contributed by atoms with Crippen LogP contribution in [0.15, 0.2) is 53.4 Å². The van der Waals surface area contributed by atoms with Crippen LogP contribution in [0.1, 0.15) is 12.5 Å². The van der Waals surface area contributed by atoms with Crippen LogP contribution in [-0.2, 0) is 6.42 Å². The second-order valence-corrected chi connectivity index (χ2v) is 8.01. The van der Waals surface area contributed by atoms with Gasteiger partial charge >= 0.3 is 6.08 Å². The van der Waals surface area contributed by atoms with Crippen molar-refractivity contribution >= 4 is 28.1 Å². The van der Waals surface area contributed by atoms with E-state index in [1.54, 1.807) is 0 Å². The number of aromatic hydroxyl groups is 1. The summed E-state index contributed by atoms with van der Waals surface area (Å²) >= 11 is 1.41. The molecule has 0 radical (unpaired) electrons. The highest BCUT2D eigenvalue weighted by molar-refractivity contribution is 7.19. The van der Waals surface area contributed by atoms with Gasteiger partial charge in [0.05, 0.1) is 17.2 Å². The van der Waals surface area contributed by atoms with E-state index in [0.717, 1.165) is 34.9 Å². The van der Waals surface area contributed by atoms with E-state index < -0.39 is 6.08 Å². The summed E-state index contributed by atoms with van der Waals surface area (Å²) in [4.78, 5) is 17.4. The van der Waals surface area contributed by atoms with Crippen molar-refractivity contribution in [3.05, 3.63) is 54.5 Å². The SMILES string of the molecule is CCOc1cc(-c2cc(NCCc3cccc4[nH]ccc34)ncn2)sc1-c1noc(O)n1. The predicted octanol–water partition coefficient (Wildman–Crippen LogP) is 4.50. The summed E-state index contributed by atoms with van der Waals surface area (Å²) in [5.74, 6) is 1.62. The van der Waals surface area contributed by atoms with Crippen LogP contribution in [0.3, 0.4) is 0 Å². The number of benzene rings is 1. The van der Waals surface area contributed by atoms with Gasteiger partial charge in [0.1, 0.15) is 22.8 Å². The van der Waals surface area contributed by atoms with E-state index >= 15 is 0 Å². The normalized spacial score (nSPS) is 11.2. The summed E-state index contributed by atoms with van der Waals surface area (Å²) in [5.41, 5.74) is 3.17. The van der Waals surface area contributed by atoms with Crippen LogP contribution in [-0.4, -0.2) is 43.4 Å². The Morgan fingerprint density at radius 1 is 1.22 bits per heavy atom. The molecule has 0 amide bonds. The van der Waals surface area contributed by atoms with E-state index in [2.05, 4.69) is 54.7 Å². The summed E-state index contributed by atoms with van der Waals surface area (Å²) in [5, 5.41) is 17.8. The fourth-order valence-corrected chi connectivity index (χ4v) is 4.50. The lowest BCUT2D eigenvalue weighted by molar-refractivity contribution is 0.267. The summed E-state index contributed by atoms with van der Waals surface area (Å²) in [7, 11) is 0. The standard InChI is InChI=1S/C22H20N6O3S/c1-2-30-17-11-18(32-20(17)21-27-22(29)31-28-21)16-10-19(26-12-25-16)24-8-6-13-4-3-5-15-14(13)7-9-23-15/h3-5,7,9-12,23H,2,6,8H2,1H3,(H,24,25,26)(H,27,28,29). The number of aromatic amines is 1. The van der Waals surface area contributed by atoms with Crippen molar-refractivity contribution in [3.63, 3.8) is 0 Å². The molecule has 1 aromatic carbocycles. The van der Waals surface area contributed by atoms with Gasteiger partial charge in [0.2, 0.25) is 5.82 Å². The molecule has 4 heterocycles. The van der Waals surface area contributed by atoms with Crippen molar-refractivity contribution in [2.75, 3.05) is 18.5 Å². The van der Waals surface area contributed by atoms with Gasteiger partial charge in [-0.15, -0.1) is 11.3 Å². The topological polar surface area (TPSA) is 122 Å². The number of thiophene rings is 1. The predicted molar refractivity (Wildman–Crippen MR) is 122 cm³/mol. The minimum atomic E-state index is -0.485. The maximum Gasteiger partial charge on any atom is 0.415 e. The third kappa shape index (κ3) is 4.00. The van der Waals surface area contributed by atoms with Crippen LogP contribution < -0.4 is 10.1 Å². The van der Waals surface area contributed by atoms with Crippen LogP contribution in [0.2, 0.25) is 0 Å². The molecule has 3 N–H and O–H groups in total. The van der Waals surface area contributed by atoms with Gasteiger partial charge in [0.15, 0.2) is 0 Å². The third-order valence-electron chi connectivity index (χ3n) is 4.92. The number of hydrogen-bond donors (Lipinski definition) is 3. The van der Waals surface area contributed by atoms with E-state index in [1.165, 1.54) is 28.6 Å². The van der Waals surface area contributed by atoms with Crippen LogP contribution in [0.5, 0.6) is 11.8 Å². The number of anilines is 1. The lowest BCUT2D eigenvalue weighted by Gasteiger charge is -2.07. The first-order chi connectivity index (χ1) is 15.7. The second kappa shape index (κ2) is 8.67. The molecule has 0 spiro atoms. The second-order valence-electron chi connectivity index (χ2n) is 6.96. The van der Waals surface area contributed by atoms with Crippen molar-refractivity contribution in [2.24, 2.45) is 0 Å². The molecule has 0 bridgehead atoms. The van der Waals surface area contributed by atoms with Gasteiger partial charge in [-0.1, -0.05) is 17.3 Å². The fraction of sp³-hybridized carbons (Fsp3) is 0.182. The zero-order valence-corrected chi connectivity index (χ0v) is 18.0. The lowest BCUT2D eigenvalue weighted by Crippen LogP contribution is -2.06. The van der Waals surface area contributed by atoms with Gasteiger partial charge in [-0.2, -0.15) is 4.98 Å². The first kappa shape index (κ1) is 20.0. The number of H-pyrrole nitrogens is 1. The number of rotatable bonds is 8. The van der Waals surface area contributed by atoms with Crippen LogP contribution >= 0.6 is 11.3 Å². The van der Waals surface area contributed by atoms with Crippen molar-refractivity contribution in [3.8, 4) is 33.1 Å². The zero-order chi connectivity index (χ0) is 21.9. The molecule has 0 aliphatic heterocycles. The molecule has 0 aliphatic rings. The van der Waals surface area contributed by atoms with Gasteiger partial charge in [0, 0.05) is 35.8 Å². The Morgan fingerprint density at radius 2 is 2.16 bits per heavy atom. The average molecular weight is 449 g/mol. The Hall–Kier alpha value is -3.92. The highest BCUT2D eigenvalue weighted by Crippen LogP contribution is 2.41. The van der Waals surface area contributed by atoms with Crippen molar-refractivity contribution < 1.29 is 14.4 Å². The summed E-state index contributed by atoms with van der Waals surface area (Å²) < 4.78 is 10.4. The number of aromatic nitrogens is 5. The molecule has 32 heavy (non-hydrogen) atoms. The van der Waals surface area contributed by atoms with Crippen LogP contribution in [0, 0.1) is 0 Å². The molecular weight excluding hydrogens is 428 g/mol. The van der Waals surface area contributed by atoms with Crippen molar-refractivity contribution in [2.45, 2.75) is 13.3 Å². The molecule has 0 aliphatic carbocycles. The molecule has 0 fully saturated rings. The molecule has 0 saturated carbocycles. The highest BCUT2D eigenvalue weighted by atomic mass is 32.1. The number of nitrogens with zero attached hydrogens (tertiary/aromatic N) is 4. The Morgan fingerprint density at radius 3 is 3.00 bits per heavy atom. The third-order valence-corrected chi connectivity index (χ3v) is 6.06. The maximum atomic E-state index is 9.40. The Bertz CT molecular complexity index is 1360. The van der Waals surface area contributed by atoms with Crippen molar-refractivity contribution in [1.82, 2.24) is 25.1 Å². The minimum absolute atomic E-state index is 0.272. The summed E-state index contributed by atoms with van der Waals surface area (Å²) in [6.45, 7) is 3.12. The van der Waals surface area contributed by atoms with E-state index in [-0.39, 0.29) is 5.82 Å². The molecule has 0 saturated heterocycles. The van der Waals surface area contributed by atoms with Crippen LogP contribution in [0.25, 0.3) is 32.2 Å². The van der Waals surface area contributed by atoms with Gasteiger partial charge in [-0.05, 0) is 31.0 Å². The number of ether oxygens (including phenoxy) is 1. The molecular formula is C22H20N6O3S. The molecule has 0 atom stereocenters. The number of hydrogen-bond acceptors (Lipinski definition) is 9. The Kier molecular flexibility index (Phi) is 5.42. The number of nitrogens with one attached hydrogen (secondary N) is 2. The molecule has 4 aromatic heterocycles. The van der Waals surface area contributed by atoms with Gasteiger partial charge < -0.3 is 20.1 Å². The van der Waals surface area contributed by atoms with E-state index in [0.29, 0.717) is 17.2 Å². The average Bonchev–Trinajstić information content (AvgIpc) is 3.54. The molecule has 10 heteroatoms. The fourth-order valence-electron chi connectivity index (χ4n) is 3.51. The van der Waals surface area contributed by atoms with E-state index in [9.17, 15) is 5.11 Å². The first-order valence-electron chi connectivity index (χ1n) is 10.1. The number of fused-ring (bicyclic) bond motifs is 1. The minimum Gasteiger partial charge on any atom is -0.492 e. The molecule has 0 unspecified atom stereocenters. The first-order valence-corrected chi connectivity index (χ1v) is 10.9. The van der Waals surface area contributed by atoms with E-state index in [4.69, 9.17) is 9.26 Å². The van der Waals surface area contributed by atoms with Gasteiger partial charge in [-0.25, -0.2) is 9.97 Å². The Labute approximate surface area is 187 Å². The lowest BCUT2D eigenvalue weighted by atomic mass is 10.1. The van der Waals surface area contributed by atoms with Gasteiger partial charge in [-0.3, -0.25) is 4.52 Å². The summed E-state index contributed by atoms with van der Waals surface area (Å²) in [6.07, 6.45) is 3.87. The zero-order valence-electron chi connectivity index (χ0n) is 17.2. The highest BCUT2D eigenvalue weighted by Gasteiger charge is 2.19. The van der Waals surface area contributed by atoms with E-state index in [1.807, 2.05) is 25.3 Å². The van der Waals surface area contributed by atoms with Crippen molar-refractivity contribution in [1.29, 1.82) is 0 Å². The quantitative estimate of drug-likeness (QED) is 0.317. The molecule has 5 rings (SSSR count).